The van der Waals surface area contributed by atoms with Gasteiger partial charge in [-0.1, -0.05) is 0 Å². The second-order valence-electron chi connectivity index (χ2n) is 4.78. The van der Waals surface area contributed by atoms with Crippen molar-refractivity contribution in [3.63, 3.8) is 0 Å². The summed E-state index contributed by atoms with van der Waals surface area (Å²) in [5, 5.41) is 1.48. The fraction of sp³-hybridized carbons (Fsp3) is 0.188. The molecule has 1 N–H and O–H groups in total. The molecule has 0 bridgehead atoms. The molecule has 22 heavy (non-hydrogen) atoms. The molecule has 1 atom stereocenters. The van der Waals surface area contributed by atoms with Crippen LogP contribution in [-0.2, 0) is 4.79 Å². The number of carbonyl (C=O) groups excluding carboxylic acids is 1. The third-order valence-electron chi connectivity index (χ3n) is 3.46. The van der Waals surface area contributed by atoms with E-state index in [4.69, 9.17) is 20.8 Å². The molecule has 6 heteroatoms. The summed E-state index contributed by atoms with van der Waals surface area (Å²) in [6.45, 7) is 0. The van der Waals surface area contributed by atoms with Crippen LogP contribution in [0.15, 0.2) is 53.2 Å². The highest BCUT2D eigenvalue weighted by Gasteiger charge is 2.31. The lowest BCUT2D eigenvalue weighted by atomic mass is 10.1. The van der Waals surface area contributed by atoms with E-state index in [1.54, 1.807) is 19.4 Å². The van der Waals surface area contributed by atoms with Gasteiger partial charge < -0.3 is 9.15 Å². The Bertz CT molecular complexity index is 680. The first-order chi connectivity index (χ1) is 10.7. The second-order valence-corrected chi connectivity index (χ2v) is 5.05. The molecule has 2 heterocycles. The molecule has 0 aliphatic carbocycles. The van der Waals surface area contributed by atoms with Crippen LogP contribution in [0.3, 0.4) is 0 Å². The zero-order valence-electron chi connectivity index (χ0n) is 12.0. The number of alkyl halides is 1. The summed E-state index contributed by atoms with van der Waals surface area (Å²) in [5.74, 6) is 1.13. The molecule has 2 aromatic rings. The number of nitrogens with zero attached hydrogens (tertiary/aromatic N) is 1. The fourth-order valence-corrected chi connectivity index (χ4v) is 2.48. The van der Waals surface area contributed by atoms with Crippen molar-refractivity contribution in [2.75, 3.05) is 13.0 Å². The van der Waals surface area contributed by atoms with Gasteiger partial charge in [-0.05, 0) is 48.0 Å². The average Bonchev–Trinajstić information content (AvgIpc) is 3.23. The highest BCUT2D eigenvalue weighted by molar-refractivity contribution is 6.27. The van der Waals surface area contributed by atoms with Gasteiger partial charge in [0.1, 0.15) is 23.4 Å². The Balaban J connectivity index is 1.91. The minimum absolute atomic E-state index is 0.103. The van der Waals surface area contributed by atoms with Gasteiger partial charge in [0, 0.05) is 0 Å². The van der Waals surface area contributed by atoms with Gasteiger partial charge >= 0.3 is 0 Å². The number of hydrazine groups is 1. The summed E-state index contributed by atoms with van der Waals surface area (Å²) in [5.41, 5.74) is 4.86. The zero-order chi connectivity index (χ0) is 15.5. The number of amides is 1. The lowest BCUT2D eigenvalue weighted by Crippen LogP contribution is -2.40. The highest BCUT2D eigenvalue weighted by atomic mass is 35.5. The number of hydrogen-bond acceptors (Lipinski definition) is 4. The van der Waals surface area contributed by atoms with Gasteiger partial charge in [0.2, 0.25) is 0 Å². The average molecular weight is 319 g/mol. The number of furan rings is 1. The maximum atomic E-state index is 12.0. The van der Waals surface area contributed by atoms with Crippen molar-refractivity contribution in [3.8, 4) is 5.75 Å². The van der Waals surface area contributed by atoms with Crippen LogP contribution in [0.2, 0.25) is 0 Å². The molecule has 0 radical (unpaired) electrons. The van der Waals surface area contributed by atoms with Gasteiger partial charge in [-0.25, -0.2) is 5.01 Å². The predicted molar refractivity (Wildman–Crippen MR) is 83.1 cm³/mol. The van der Waals surface area contributed by atoms with Crippen molar-refractivity contribution in [3.05, 3.63) is 60.1 Å². The van der Waals surface area contributed by atoms with Crippen LogP contribution in [-0.4, -0.2) is 23.9 Å². The minimum atomic E-state index is -0.321. The zero-order valence-corrected chi connectivity index (χ0v) is 12.7. The third-order valence-corrected chi connectivity index (χ3v) is 3.69. The van der Waals surface area contributed by atoms with E-state index >= 15 is 0 Å². The Morgan fingerprint density at radius 1 is 1.36 bits per heavy atom. The standard InChI is InChI=1S/C16H15ClN2O3/c1-21-12-6-4-11(5-7-12)13-9-14(15-3-2-8-22-15)19(18-13)16(20)10-17/h2-9,14,18H,10H2,1H3/t14-/m0/s1. The van der Waals surface area contributed by atoms with Gasteiger partial charge in [0.05, 0.1) is 19.1 Å². The molecule has 0 fully saturated rings. The van der Waals surface area contributed by atoms with Crippen molar-refractivity contribution in [1.82, 2.24) is 10.4 Å². The summed E-state index contributed by atoms with van der Waals surface area (Å²) >= 11 is 5.69. The predicted octanol–water partition coefficient (Wildman–Crippen LogP) is 2.96. The van der Waals surface area contributed by atoms with Crippen LogP contribution in [0.25, 0.3) is 5.70 Å². The van der Waals surface area contributed by atoms with E-state index in [2.05, 4.69) is 5.43 Å². The SMILES string of the molecule is COc1ccc(C2=C[C@@H](c3ccco3)N(C(=O)CCl)N2)cc1. The summed E-state index contributed by atoms with van der Waals surface area (Å²) in [7, 11) is 1.62. The number of benzene rings is 1. The van der Waals surface area contributed by atoms with Crippen molar-refractivity contribution in [2.24, 2.45) is 0 Å². The first kappa shape index (κ1) is 14.5. The van der Waals surface area contributed by atoms with Crippen molar-refractivity contribution in [2.45, 2.75) is 6.04 Å². The molecule has 114 valence electrons. The quantitative estimate of drug-likeness (QED) is 0.881. The molecule has 1 aliphatic heterocycles. The van der Waals surface area contributed by atoms with E-state index in [0.717, 1.165) is 17.0 Å². The maximum Gasteiger partial charge on any atom is 0.256 e. The number of rotatable bonds is 4. The van der Waals surface area contributed by atoms with Crippen molar-refractivity contribution in [1.29, 1.82) is 0 Å². The summed E-state index contributed by atoms with van der Waals surface area (Å²) < 4.78 is 10.6. The van der Waals surface area contributed by atoms with Crippen LogP contribution in [0.4, 0.5) is 0 Å². The molecule has 1 amide bonds. The first-order valence-corrected chi connectivity index (χ1v) is 7.30. The first-order valence-electron chi connectivity index (χ1n) is 6.77. The van der Waals surface area contributed by atoms with E-state index in [-0.39, 0.29) is 17.8 Å². The van der Waals surface area contributed by atoms with Crippen LogP contribution >= 0.6 is 11.6 Å². The number of hydrogen-bond donors (Lipinski definition) is 1. The Morgan fingerprint density at radius 3 is 2.73 bits per heavy atom. The van der Waals surface area contributed by atoms with E-state index in [1.807, 2.05) is 36.4 Å². The lowest BCUT2D eigenvalue weighted by molar-refractivity contribution is -0.132. The molecule has 3 rings (SSSR count). The van der Waals surface area contributed by atoms with E-state index < -0.39 is 0 Å². The topological polar surface area (TPSA) is 54.7 Å². The number of nitrogens with one attached hydrogen (secondary N) is 1. The molecule has 0 saturated carbocycles. The van der Waals surface area contributed by atoms with Gasteiger partial charge in [-0.3, -0.25) is 10.2 Å². The third kappa shape index (κ3) is 2.67. The molecule has 1 aromatic carbocycles. The van der Waals surface area contributed by atoms with Gasteiger partial charge in [0.25, 0.3) is 5.91 Å². The summed E-state index contributed by atoms with van der Waals surface area (Å²) in [4.78, 5) is 12.0. The smallest absolute Gasteiger partial charge is 0.256 e. The fourth-order valence-electron chi connectivity index (χ4n) is 2.35. The Labute approximate surface area is 133 Å². The monoisotopic (exact) mass is 318 g/mol. The number of ether oxygens (including phenoxy) is 1. The molecule has 1 aromatic heterocycles. The molecule has 0 spiro atoms. The van der Waals surface area contributed by atoms with Crippen LogP contribution < -0.4 is 10.2 Å². The molecule has 5 nitrogen and oxygen atoms in total. The molecular weight excluding hydrogens is 304 g/mol. The van der Waals surface area contributed by atoms with Gasteiger partial charge in [-0.2, -0.15) is 0 Å². The normalized spacial score (nSPS) is 17.1. The van der Waals surface area contributed by atoms with E-state index in [1.165, 1.54) is 5.01 Å². The van der Waals surface area contributed by atoms with Crippen molar-refractivity contribution < 1.29 is 13.9 Å². The van der Waals surface area contributed by atoms with E-state index in [9.17, 15) is 4.79 Å². The van der Waals surface area contributed by atoms with Gasteiger partial charge in [-0.15, -0.1) is 11.6 Å². The summed E-state index contributed by atoms with van der Waals surface area (Å²) in [6.07, 6.45) is 3.52. The second kappa shape index (κ2) is 6.15. The Morgan fingerprint density at radius 2 is 2.14 bits per heavy atom. The largest absolute Gasteiger partial charge is 0.497 e. The molecule has 1 aliphatic rings. The van der Waals surface area contributed by atoms with Crippen LogP contribution in [0.5, 0.6) is 5.75 Å². The Hall–Kier alpha value is -2.40. The number of carbonyl (C=O) groups is 1. The van der Waals surface area contributed by atoms with Crippen LogP contribution in [0, 0.1) is 0 Å². The van der Waals surface area contributed by atoms with Gasteiger partial charge in [0.15, 0.2) is 0 Å². The minimum Gasteiger partial charge on any atom is -0.497 e. The van der Waals surface area contributed by atoms with E-state index in [0.29, 0.717) is 5.76 Å². The molecule has 0 saturated heterocycles. The Kier molecular flexibility index (Phi) is 4.06. The van der Waals surface area contributed by atoms with Crippen molar-refractivity contribution >= 4 is 23.2 Å². The lowest BCUT2D eigenvalue weighted by Gasteiger charge is -2.23. The maximum absolute atomic E-state index is 12.0. The summed E-state index contributed by atoms with van der Waals surface area (Å²) in [6, 6.07) is 10.9. The molecule has 0 unspecified atom stereocenters. The van der Waals surface area contributed by atoms with Crippen LogP contribution in [0.1, 0.15) is 17.4 Å². The number of halogens is 1. The highest BCUT2D eigenvalue weighted by Crippen LogP contribution is 2.32. The number of methoxy groups -OCH3 is 1. The molecular formula is C16H15ClN2O3.